The van der Waals surface area contributed by atoms with Crippen LogP contribution >= 0.6 is 11.3 Å². The lowest BCUT2D eigenvalue weighted by Crippen LogP contribution is -2.36. The molecule has 0 unspecified atom stereocenters. The van der Waals surface area contributed by atoms with Crippen molar-refractivity contribution in [1.82, 2.24) is 10.3 Å². The first-order chi connectivity index (χ1) is 8.29. The minimum atomic E-state index is 0.0610. The number of ether oxygens (including phenoxy) is 1. The molecule has 17 heavy (non-hydrogen) atoms. The highest BCUT2D eigenvalue weighted by Crippen LogP contribution is 2.21. The second-order valence-corrected chi connectivity index (χ2v) is 4.69. The van der Waals surface area contributed by atoms with Gasteiger partial charge < -0.3 is 15.0 Å². The molecule has 0 spiro atoms. The number of hydrogen-bond donors (Lipinski definition) is 1. The van der Waals surface area contributed by atoms with Crippen molar-refractivity contribution in [3.05, 3.63) is 11.1 Å². The number of carbonyl (C=O) groups excluding carboxylic acids is 1. The Morgan fingerprint density at radius 1 is 1.59 bits per heavy atom. The maximum absolute atomic E-state index is 11.1. The van der Waals surface area contributed by atoms with Gasteiger partial charge in [0.2, 0.25) is 5.91 Å². The lowest BCUT2D eigenvalue weighted by atomic mass is 10.4. The molecule has 1 aliphatic heterocycles. The Morgan fingerprint density at radius 2 is 2.35 bits per heavy atom. The van der Waals surface area contributed by atoms with Gasteiger partial charge in [0, 0.05) is 24.9 Å². The van der Waals surface area contributed by atoms with E-state index >= 15 is 0 Å². The smallest absolute Gasteiger partial charge is 0.220 e. The van der Waals surface area contributed by atoms with Crippen LogP contribution in [0.1, 0.15) is 19.0 Å². The zero-order chi connectivity index (χ0) is 12.1. The molecule has 0 atom stereocenters. The second kappa shape index (κ2) is 5.97. The summed E-state index contributed by atoms with van der Waals surface area (Å²) in [5.41, 5.74) is 0.929. The summed E-state index contributed by atoms with van der Waals surface area (Å²) in [5, 5.41) is 5.85. The lowest BCUT2D eigenvalue weighted by Gasteiger charge is -2.26. The molecular formula is C11H17N3O2S. The number of aromatic nitrogens is 1. The fourth-order valence-corrected chi connectivity index (χ4v) is 2.47. The third-order valence-electron chi connectivity index (χ3n) is 2.61. The van der Waals surface area contributed by atoms with Crippen LogP contribution in [0.15, 0.2) is 5.38 Å². The van der Waals surface area contributed by atoms with Gasteiger partial charge in [-0.15, -0.1) is 11.3 Å². The van der Waals surface area contributed by atoms with Crippen molar-refractivity contribution in [2.75, 3.05) is 31.2 Å². The van der Waals surface area contributed by atoms with E-state index in [0.29, 0.717) is 13.0 Å². The van der Waals surface area contributed by atoms with Crippen molar-refractivity contribution >= 4 is 22.4 Å². The molecule has 1 N–H and O–H groups in total. The van der Waals surface area contributed by atoms with Gasteiger partial charge in [0.1, 0.15) is 0 Å². The number of rotatable bonds is 4. The van der Waals surface area contributed by atoms with E-state index in [1.807, 2.05) is 12.3 Å². The number of morpholine rings is 1. The highest BCUT2D eigenvalue weighted by Gasteiger charge is 2.14. The number of hydrogen-bond acceptors (Lipinski definition) is 5. The minimum absolute atomic E-state index is 0.0610. The number of nitrogens with one attached hydrogen (secondary N) is 1. The summed E-state index contributed by atoms with van der Waals surface area (Å²) in [7, 11) is 0. The molecule has 1 amide bonds. The van der Waals surface area contributed by atoms with Gasteiger partial charge in [-0.05, 0) is 0 Å². The molecule has 2 heterocycles. The summed E-state index contributed by atoms with van der Waals surface area (Å²) in [6.45, 7) is 5.69. The van der Waals surface area contributed by atoms with Crippen molar-refractivity contribution in [3.8, 4) is 0 Å². The van der Waals surface area contributed by atoms with E-state index in [0.717, 1.165) is 37.1 Å². The van der Waals surface area contributed by atoms with E-state index in [1.54, 1.807) is 11.3 Å². The maximum atomic E-state index is 11.1. The molecular weight excluding hydrogens is 238 g/mol. The number of amides is 1. The molecule has 1 aromatic rings. The Balaban J connectivity index is 1.88. The average molecular weight is 255 g/mol. The quantitative estimate of drug-likeness (QED) is 0.872. The van der Waals surface area contributed by atoms with E-state index in [9.17, 15) is 4.79 Å². The van der Waals surface area contributed by atoms with Crippen LogP contribution in [0.2, 0.25) is 0 Å². The van der Waals surface area contributed by atoms with Crippen molar-refractivity contribution in [2.24, 2.45) is 0 Å². The third kappa shape index (κ3) is 3.41. The van der Waals surface area contributed by atoms with Crippen LogP contribution in [0.3, 0.4) is 0 Å². The Morgan fingerprint density at radius 3 is 3.06 bits per heavy atom. The van der Waals surface area contributed by atoms with Crippen LogP contribution in [-0.4, -0.2) is 37.2 Å². The van der Waals surface area contributed by atoms with Crippen molar-refractivity contribution < 1.29 is 9.53 Å². The van der Waals surface area contributed by atoms with Crippen LogP contribution in [0, 0.1) is 0 Å². The van der Waals surface area contributed by atoms with Gasteiger partial charge in [-0.25, -0.2) is 4.98 Å². The average Bonchev–Trinajstić information content (AvgIpc) is 2.86. The summed E-state index contributed by atoms with van der Waals surface area (Å²) in [6.07, 6.45) is 0.514. The highest BCUT2D eigenvalue weighted by molar-refractivity contribution is 7.13. The predicted octanol–water partition coefficient (Wildman–Crippen LogP) is 1.01. The fraction of sp³-hybridized carbons (Fsp3) is 0.636. The standard InChI is InChI=1S/C11H17N3O2S/c1-2-10(15)12-7-9-8-17-11(13-9)14-3-5-16-6-4-14/h8H,2-7H2,1H3,(H,12,15). The van der Waals surface area contributed by atoms with Gasteiger partial charge in [0.05, 0.1) is 25.5 Å². The first kappa shape index (κ1) is 12.3. The van der Waals surface area contributed by atoms with Crippen LogP contribution in [0.4, 0.5) is 5.13 Å². The first-order valence-corrected chi connectivity index (χ1v) is 6.71. The summed E-state index contributed by atoms with van der Waals surface area (Å²) in [4.78, 5) is 17.9. The molecule has 0 aromatic carbocycles. The minimum Gasteiger partial charge on any atom is -0.378 e. The molecule has 1 fully saturated rings. The third-order valence-corrected chi connectivity index (χ3v) is 3.56. The van der Waals surface area contributed by atoms with Gasteiger partial charge in [-0.3, -0.25) is 4.79 Å². The van der Waals surface area contributed by atoms with E-state index in [2.05, 4.69) is 15.2 Å². The van der Waals surface area contributed by atoms with Crippen molar-refractivity contribution in [3.63, 3.8) is 0 Å². The molecule has 6 heteroatoms. The molecule has 0 saturated carbocycles. The van der Waals surface area contributed by atoms with Gasteiger partial charge in [0.25, 0.3) is 0 Å². The topological polar surface area (TPSA) is 54.5 Å². The molecule has 0 aliphatic carbocycles. The molecule has 1 aromatic heterocycles. The Kier molecular flexibility index (Phi) is 4.33. The number of anilines is 1. The molecule has 2 rings (SSSR count). The van der Waals surface area contributed by atoms with Gasteiger partial charge in [0.15, 0.2) is 5.13 Å². The van der Waals surface area contributed by atoms with Crippen LogP contribution in [0.25, 0.3) is 0 Å². The first-order valence-electron chi connectivity index (χ1n) is 5.83. The van der Waals surface area contributed by atoms with E-state index in [1.165, 1.54) is 0 Å². The van der Waals surface area contributed by atoms with Gasteiger partial charge >= 0.3 is 0 Å². The van der Waals surface area contributed by atoms with E-state index in [4.69, 9.17) is 4.74 Å². The molecule has 94 valence electrons. The van der Waals surface area contributed by atoms with Gasteiger partial charge in [-0.1, -0.05) is 6.92 Å². The Bertz CT molecular complexity index is 375. The van der Waals surface area contributed by atoms with Crippen molar-refractivity contribution in [2.45, 2.75) is 19.9 Å². The molecule has 5 nitrogen and oxygen atoms in total. The Hall–Kier alpha value is -1.14. The molecule has 1 saturated heterocycles. The summed E-state index contributed by atoms with van der Waals surface area (Å²) >= 11 is 1.62. The zero-order valence-corrected chi connectivity index (χ0v) is 10.8. The van der Waals surface area contributed by atoms with Crippen LogP contribution < -0.4 is 10.2 Å². The normalized spacial score (nSPS) is 15.9. The summed E-state index contributed by atoms with van der Waals surface area (Å²) < 4.78 is 5.30. The fourth-order valence-electron chi connectivity index (χ4n) is 1.59. The molecule has 0 radical (unpaired) electrons. The number of carbonyl (C=O) groups is 1. The summed E-state index contributed by atoms with van der Waals surface area (Å²) in [6, 6.07) is 0. The predicted molar refractivity (Wildman–Crippen MR) is 67.3 cm³/mol. The second-order valence-electron chi connectivity index (χ2n) is 3.85. The van der Waals surface area contributed by atoms with Crippen LogP contribution in [-0.2, 0) is 16.1 Å². The lowest BCUT2D eigenvalue weighted by molar-refractivity contribution is -0.120. The van der Waals surface area contributed by atoms with Crippen molar-refractivity contribution in [1.29, 1.82) is 0 Å². The largest absolute Gasteiger partial charge is 0.378 e. The molecule has 1 aliphatic rings. The van der Waals surface area contributed by atoms with Crippen LogP contribution in [0.5, 0.6) is 0 Å². The van der Waals surface area contributed by atoms with Gasteiger partial charge in [-0.2, -0.15) is 0 Å². The van der Waals surface area contributed by atoms with E-state index < -0.39 is 0 Å². The zero-order valence-electron chi connectivity index (χ0n) is 9.94. The summed E-state index contributed by atoms with van der Waals surface area (Å²) in [5.74, 6) is 0.0610. The highest BCUT2D eigenvalue weighted by atomic mass is 32.1. The number of thiazole rings is 1. The van der Waals surface area contributed by atoms with E-state index in [-0.39, 0.29) is 5.91 Å². The monoisotopic (exact) mass is 255 g/mol. The maximum Gasteiger partial charge on any atom is 0.220 e. The number of nitrogens with zero attached hydrogens (tertiary/aromatic N) is 2. The molecule has 0 bridgehead atoms. The SMILES string of the molecule is CCC(=O)NCc1csc(N2CCOCC2)n1. The Labute approximate surface area is 105 Å².